The summed E-state index contributed by atoms with van der Waals surface area (Å²) in [7, 11) is 6.03. The van der Waals surface area contributed by atoms with E-state index in [1.807, 2.05) is 0 Å². The van der Waals surface area contributed by atoms with Crippen molar-refractivity contribution in [3.8, 4) is 23.0 Å². The van der Waals surface area contributed by atoms with E-state index in [2.05, 4.69) is 8.75 Å². The van der Waals surface area contributed by atoms with E-state index in [4.69, 9.17) is 35.3 Å². The number of benzene rings is 3. The Bertz CT molecular complexity index is 1560. The molecule has 196 valence electrons. The molecule has 1 N–H and O–H groups in total. The van der Waals surface area contributed by atoms with E-state index in [0.717, 1.165) is 11.7 Å². The van der Waals surface area contributed by atoms with Crippen molar-refractivity contribution in [2.24, 2.45) is 0 Å². The zero-order chi connectivity index (χ0) is 27.0. The Hall–Kier alpha value is -3.86. The van der Waals surface area contributed by atoms with Gasteiger partial charge in [-0.1, -0.05) is 17.7 Å². The standard InChI is InChI=1S/C27H23ClN2O7S/c1-33-21-8-6-16(13-18(21)28)27(32)17(9-14-10-22(34-2)25(36-4)23(11-14)35-3)24(26(31)37-27)15-5-7-19-20(12-15)30-38-29-19/h5-8,10-13,32H,9H2,1-4H3. The average Bonchev–Trinajstić information content (AvgIpc) is 3.49. The number of carbonyl (C=O) groups is 1. The maximum atomic E-state index is 13.4. The van der Waals surface area contributed by atoms with Gasteiger partial charge in [-0.15, -0.1) is 0 Å². The van der Waals surface area contributed by atoms with Crippen LogP contribution in [-0.2, 0) is 21.7 Å². The van der Waals surface area contributed by atoms with Gasteiger partial charge in [-0.3, -0.25) is 0 Å². The number of rotatable bonds is 8. The molecule has 5 rings (SSSR count). The van der Waals surface area contributed by atoms with Crippen LogP contribution in [0.1, 0.15) is 16.7 Å². The van der Waals surface area contributed by atoms with E-state index >= 15 is 0 Å². The second-order valence-corrected chi connectivity index (χ2v) is 9.35. The Balaban J connectivity index is 1.72. The molecule has 0 saturated carbocycles. The molecule has 0 spiro atoms. The van der Waals surface area contributed by atoms with Crippen molar-refractivity contribution in [2.45, 2.75) is 12.2 Å². The van der Waals surface area contributed by atoms with Crippen molar-refractivity contribution in [1.29, 1.82) is 0 Å². The molecule has 1 aliphatic rings. The van der Waals surface area contributed by atoms with Crippen LogP contribution in [0.25, 0.3) is 16.6 Å². The minimum atomic E-state index is -2.11. The van der Waals surface area contributed by atoms with Gasteiger partial charge in [0.05, 0.1) is 50.8 Å². The van der Waals surface area contributed by atoms with Gasteiger partial charge in [-0.25, -0.2) is 4.79 Å². The number of aromatic nitrogens is 2. The van der Waals surface area contributed by atoms with E-state index < -0.39 is 11.8 Å². The number of methoxy groups -OCH3 is 4. The number of cyclic esters (lactones) is 1. The lowest BCUT2D eigenvalue weighted by atomic mass is 9.87. The monoisotopic (exact) mass is 554 g/mol. The summed E-state index contributed by atoms with van der Waals surface area (Å²) >= 11 is 7.45. The first-order chi connectivity index (χ1) is 18.3. The van der Waals surface area contributed by atoms with Gasteiger partial charge in [0.2, 0.25) is 5.75 Å². The van der Waals surface area contributed by atoms with E-state index in [9.17, 15) is 9.90 Å². The fourth-order valence-electron chi connectivity index (χ4n) is 4.53. The van der Waals surface area contributed by atoms with E-state index in [1.165, 1.54) is 34.5 Å². The SMILES string of the molecule is COc1ccc(C2(O)OC(=O)C(c3ccc4nsnc4c3)=C2Cc2cc(OC)c(OC)c(OC)c2)cc1Cl. The number of fused-ring (bicyclic) bond motifs is 1. The highest BCUT2D eigenvalue weighted by Gasteiger charge is 2.48. The van der Waals surface area contributed by atoms with Crippen LogP contribution in [0.15, 0.2) is 54.1 Å². The lowest BCUT2D eigenvalue weighted by Gasteiger charge is -2.26. The predicted molar refractivity (Wildman–Crippen MR) is 142 cm³/mol. The van der Waals surface area contributed by atoms with Crippen LogP contribution < -0.4 is 18.9 Å². The quantitative estimate of drug-likeness (QED) is 0.308. The van der Waals surface area contributed by atoms with Gasteiger partial charge in [0, 0.05) is 17.6 Å². The third-order valence-corrected chi connectivity index (χ3v) is 7.20. The molecule has 1 aliphatic heterocycles. The van der Waals surface area contributed by atoms with Crippen molar-refractivity contribution in [3.05, 3.63) is 75.8 Å². The summed E-state index contributed by atoms with van der Waals surface area (Å²) in [6.45, 7) is 0. The predicted octanol–water partition coefficient (Wildman–Crippen LogP) is 4.78. The number of nitrogens with zero attached hydrogens (tertiary/aromatic N) is 2. The second-order valence-electron chi connectivity index (χ2n) is 8.41. The second kappa shape index (κ2) is 10.1. The van der Waals surface area contributed by atoms with Gasteiger partial charge < -0.3 is 28.8 Å². The van der Waals surface area contributed by atoms with Gasteiger partial charge in [0.25, 0.3) is 5.79 Å². The number of halogens is 1. The van der Waals surface area contributed by atoms with E-state index in [1.54, 1.807) is 42.5 Å². The first-order valence-corrected chi connectivity index (χ1v) is 12.5. The first kappa shape index (κ1) is 25.8. The van der Waals surface area contributed by atoms with Crippen molar-refractivity contribution >= 4 is 45.9 Å². The highest BCUT2D eigenvalue weighted by atomic mass is 35.5. The topological polar surface area (TPSA) is 109 Å². The summed E-state index contributed by atoms with van der Waals surface area (Å²) in [4.78, 5) is 13.4. The molecular weight excluding hydrogens is 532 g/mol. The smallest absolute Gasteiger partial charge is 0.342 e. The number of hydrogen-bond acceptors (Lipinski definition) is 10. The Morgan fingerprint density at radius 2 is 1.58 bits per heavy atom. The zero-order valence-corrected chi connectivity index (χ0v) is 22.5. The van der Waals surface area contributed by atoms with Crippen LogP contribution in [0.4, 0.5) is 0 Å². The van der Waals surface area contributed by atoms with Gasteiger partial charge in [-0.05, 0) is 53.6 Å². The molecule has 0 fully saturated rings. The van der Waals surface area contributed by atoms with E-state index in [-0.39, 0.29) is 22.6 Å². The molecule has 0 radical (unpaired) electrons. The Morgan fingerprint density at radius 1 is 0.895 bits per heavy atom. The van der Waals surface area contributed by atoms with E-state index in [0.29, 0.717) is 50.7 Å². The van der Waals surface area contributed by atoms with Gasteiger partial charge in [0.15, 0.2) is 11.5 Å². The minimum absolute atomic E-state index is 0.102. The Kier molecular flexibility index (Phi) is 6.87. The molecule has 3 aromatic carbocycles. The van der Waals surface area contributed by atoms with Crippen LogP contribution in [-0.4, -0.2) is 48.3 Å². The fraction of sp³-hybridized carbons (Fsp3) is 0.222. The largest absolute Gasteiger partial charge is 0.495 e. The minimum Gasteiger partial charge on any atom is -0.495 e. The summed E-state index contributed by atoms with van der Waals surface area (Å²) in [5, 5.41) is 12.2. The Labute approximate surface area is 227 Å². The van der Waals surface area contributed by atoms with Crippen molar-refractivity contribution < 1.29 is 33.6 Å². The fourth-order valence-corrected chi connectivity index (χ4v) is 5.30. The molecule has 0 bridgehead atoms. The summed E-state index contributed by atoms with van der Waals surface area (Å²) in [5.41, 5.74) is 3.33. The molecule has 9 nitrogen and oxygen atoms in total. The molecule has 2 heterocycles. The van der Waals surface area contributed by atoms with Crippen molar-refractivity contribution in [2.75, 3.05) is 28.4 Å². The zero-order valence-electron chi connectivity index (χ0n) is 20.9. The normalized spacial score (nSPS) is 17.1. The van der Waals surface area contributed by atoms with Gasteiger partial charge in [-0.2, -0.15) is 8.75 Å². The van der Waals surface area contributed by atoms with Gasteiger partial charge in [0.1, 0.15) is 16.8 Å². The van der Waals surface area contributed by atoms with Crippen molar-refractivity contribution in [1.82, 2.24) is 8.75 Å². The Morgan fingerprint density at radius 3 is 2.21 bits per heavy atom. The highest BCUT2D eigenvalue weighted by molar-refractivity contribution is 7.00. The number of esters is 1. The summed E-state index contributed by atoms with van der Waals surface area (Å²) in [6, 6.07) is 13.5. The number of carbonyl (C=O) groups excluding carboxylic acids is 1. The lowest BCUT2D eigenvalue weighted by Crippen LogP contribution is -2.29. The lowest BCUT2D eigenvalue weighted by molar-refractivity contribution is -0.185. The molecular formula is C27H23ClN2O7S. The van der Waals surface area contributed by atoms with Crippen LogP contribution in [0, 0.1) is 0 Å². The molecule has 38 heavy (non-hydrogen) atoms. The summed E-state index contributed by atoms with van der Waals surface area (Å²) in [6.07, 6.45) is 0.102. The average molecular weight is 555 g/mol. The summed E-state index contributed by atoms with van der Waals surface area (Å²) in [5.74, 6) is -1.10. The van der Waals surface area contributed by atoms with Crippen LogP contribution >= 0.6 is 23.3 Å². The number of aliphatic hydroxyl groups is 1. The molecule has 1 unspecified atom stereocenters. The molecule has 0 aliphatic carbocycles. The molecule has 4 aromatic rings. The maximum absolute atomic E-state index is 13.4. The third kappa shape index (κ3) is 4.30. The first-order valence-electron chi connectivity index (χ1n) is 11.4. The highest BCUT2D eigenvalue weighted by Crippen LogP contribution is 2.47. The van der Waals surface area contributed by atoms with Gasteiger partial charge >= 0.3 is 5.97 Å². The van der Waals surface area contributed by atoms with Crippen molar-refractivity contribution in [3.63, 3.8) is 0 Å². The number of hydrogen-bond donors (Lipinski definition) is 1. The van der Waals surface area contributed by atoms with Crippen LogP contribution in [0.3, 0.4) is 0 Å². The van der Waals surface area contributed by atoms with Crippen LogP contribution in [0.2, 0.25) is 5.02 Å². The number of ether oxygens (including phenoxy) is 5. The summed E-state index contributed by atoms with van der Waals surface area (Å²) < 4.78 is 35.9. The molecule has 11 heteroatoms. The van der Waals surface area contributed by atoms with Crippen LogP contribution in [0.5, 0.6) is 23.0 Å². The third-order valence-electron chi connectivity index (χ3n) is 6.35. The maximum Gasteiger partial charge on any atom is 0.342 e. The molecule has 1 aromatic heterocycles. The molecule has 0 amide bonds. The molecule has 1 atom stereocenters. The molecule has 0 saturated heterocycles.